The van der Waals surface area contributed by atoms with Crippen molar-refractivity contribution in [2.24, 2.45) is 4.99 Å². The van der Waals surface area contributed by atoms with Crippen molar-refractivity contribution in [1.82, 2.24) is 20.6 Å². The van der Waals surface area contributed by atoms with E-state index in [9.17, 15) is 0 Å². The smallest absolute Gasteiger partial charge is 0.190 e. The first kappa shape index (κ1) is 20.5. The highest BCUT2D eigenvalue weighted by Gasteiger charge is 2.03. The molecule has 0 aliphatic heterocycles. The van der Waals surface area contributed by atoms with Gasteiger partial charge in [0.05, 0.1) is 0 Å². The van der Waals surface area contributed by atoms with Gasteiger partial charge in [-0.05, 0) is 36.1 Å². The first-order valence-corrected chi connectivity index (χ1v) is 8.74. The largest absolute Gasteiger partial charge is 0.361 e. The van der Waals surface area contributed by atoms with Gasteiger partial charge in [-0.15, -0.1) is 24.0 Å². The number of hydrogen-bond acceptors (Lipinski definition) is 2. The van der Waals surface area contributed by atoms with E-state index >= 15 is 0 Å². The lowest BCUT2D eigenvalue weighted by atomic mass is 10.1. The van der Waals surface area contributed by atoms with Crippen LogP contribution in [0.4, 0.5) is 0 Å². The number of hydrogen-bond donors (Lipinski definition) is 3. The van der Waals surface area contributed by atoms with Crippen LogP contribution in [0.15, 0.2) is 53.8 Å². The highest BCUT2D eigenvalue weighted by atomic mass is 127. The third-order valence-corrected chi connectivity index (χ3v) is 4.30. The standard InChI is InChI=1S/C19H22ClN5.HI/c1-21-19(22-10-8-14-6-7-18(20)25-12-14)23-11-9-15-13-24-17-5-3-2-4-16(15)17;/h2-7,12-13,24H,8-11H2,1H3,(H2,21,22,23);1H. The Hall–Kier alpha value is -1.80. The van der Waals surface area contributed by atoms with E-state index in [0.717, 1.165) is 37.5 Å². The van der Waals surface area contributed by atoms with Gasteiger partial charge in [0, 0.05) is 43.4 Å². The molecule has 0 atom stereocenters. The molecule has 2 aromatic heterocycles. The number of guanidine groups is 1. The lowest BCUT2D eigenvalue weighted by molar-refractivity contribution is 0.784. The van der Waals surface area contributed by atoms with Crippen LogP contribution in [0.25, 0.3) is 10.9 Å². The number of aliphatic imine (C=N–C) groups is 1. The van der Waals surface area contributed by atoms with Gasteiger partial charge in [-0.3, -0.25) is 4.99 Å². The van der Waals surface area contributed by atoms with Crippen molar-refractivity contribution in [3.63, 3.8) is 0 Å². The van der Waals surface area contributed by atoms with Gasteiger partial charge in [0.25, 0.3) is 0 Å². The number of aromatic nitrogens is 2. The van der Waals surface area contributed by atoms with Crippen LogP contribution in [0.1, 0.15) is 11.1 Å². The molecule has 0 bridgehead atoms. The predicted octanol–water partition coefficient (Wildman–Crippen LogP) is 3.78. The third kappa shape index (κ3) is 5.60. The van der Waals surface area contributed by atoms with Crippen LogP contribution in [-0.2, 0) is 12.8 Å². The number of halogens is 2. The van der Waals surface area contributed by atoms with E-state index in [1.165, 1.54) is 16.5 Å². The molecule has 0 radical (unpaired) electrons. The lowest BCUT2D eigenvalue weighted by Crippen LogP contribution is -2.39. The summed E-state index contributed by atoms with van der Waals surface area (Å²) in [4.78, 5) is 11.7. The van der Waals surface area contributed by atoms with Crippen molar-refractivity contribution in [2.75, 3.05) is 20.1 Å². The van der Waals surface area contributed by atoms with Crippen LogP contribution in [0.5, 0.6) is 0 Å². The quantitative estimate of drug-likeness (QED) is 0.216. The molecule has 0 spiro atoms. The van der Waals surface area contributed by atoms with Crippen LogP contribution < -0.4 is 10.6 Å². The molecule has 0 fully saturated rings. The second-order valence-electron chi connectivity index (χ2n) is 5.77. The monoisotopic (exact) mass is 483 g/mol. The van der Waals surface area contributed by atoms with Crippen molar-refractivity contribution < 1.29 is 0 Å². The number of nitrogens with one attached hydrogen (secondary N) is 3. The van der Waals surface area contributed by atoms with E-state index < -0.39 is 0 Å². The zero-order chi connectivity index (χ0) is 17.5. The minimum atomic E-state index is 0. The molecule has 0 aliphatic carbocycles. The topological polar surface area (TPSA) is 65.1 Å². The predicted molar refractivity (Wildman–Crippen MR) is 120 cm³/mol. The first-order valence-electron chi connectivity index (χ1n) is 8.36. The molecule has 0 amide bonds. The summed E-state index contributed by atoms with van der Waals surface area (Å²) in [6, 6.07) is 12.2. The summed E-state index contributed by atoms with van der Waals surface area (Å²) in [6.45, 7) is 1.61. The van der Waals surface area contributed by atoms with Gasteiger partial charge in [-0.1, -0.05) is 35.9 Å². The fourth-order valence-electron chi connectivity index (χ4n) is 2.75. The third-order valence-electron chi connectivity index (χ3n) is 4.08. The zero-order valence-electron chi connectivity index (χ0n) is 14.6. The number of para-hydroxylation sites is 1. The molecule has 3 aromatic rings. The number of fused-ring (bicyclic) bond motifs is 1. The van der Waals surface area contributed by atoms with Crippen molar-refractivity contribution in [3.05, 3.63) is 65.1 Å². The van der Waals surface area contributed by atoms with Crippen LogP contribution in [-0.4, -0.2) is 36.1 Å². The average molecular weight is 484 g/mol. The molecule has 3 N–H and O–H groups in total. The number of rotatable bonds is 6. The molecule has 7 heteroatoms. The van der Waals surface area contributed by atoms with Crippen LogP contribution in [0, 0.1) is 0 Å². The summed E-state index contributed by atoms with van der Waals surface area (Å²) in [5, 5.41) is 8.48. The molecule has 2 heterocycles. The Kier molecular flexibility index (Phi) is 8.18. The van der Waals surface area contributed by atoms with Gasteiger partial charge in [0.1, 0.15) is 5.15 Å². The number of benzene rings is 1. The Morgan fingerprint density at radius 2 is 1.88 bits per heavy atom. The van der Waals surface area contributed by atoms with Gasteiger partial charge in [0.2, 0.25) is 0 Å². The van der Waals surface area contributed by atoms with E-state index in [0.29, 0.717) is 5.15 Å². The molecule has 3 rings (SSSR count). The van der Waals surface area contributed by atoms with E-state index in [1.807, 2.05) is 18.2 Å². The molecule has 1 aromatic carbocycles. The average Bonchev–Trinajstić information content (AvgIpc) is 3.05. The summed E-state index contributed by atoms with van der Waals surface area (Å²) in [5.74, 6) is 0.807. The maximum Gasteiger partial charge on any atom is 0.190 e. The normalized spacial score (nSPS) is 11.2. The van der Waals surface area contributed by atoms with Gasteiger partial charge < -0.3 is 15.6 Å². The second-order valence-corrected chi connectivity index (χ2v) is 6.16. The van der Waals surface area contributed by atoms with Crippen LogP contribution in [0.3, 0.4) is 0 Å². The number of nitrogens with zero attached hydrogens (tertiary/aromatic N) is 2. The fraction of sp³-hybridized carbons (Fsp3) is 0.263. The molecule has 0 aliphatic rings. The van der Waals surface area contributed by atoms with Gasteiger partial charge in [-0.25, -0.2) is 4.98 Å². The van der Waals surface area contributed by atoms with Crippen LogP contribution >= 0.6 is 35.6 Å². The minimum Gasteiger partial charge on any atom is -0.361 e. The van der Waals surface area contributed by atoms with E-state index in [1.54, 1.807) is 13.2 Å². The minimum absolute atomic E-state index is 0. The second kappa shape index (κ2) is 10.4. The summed E-state index contributed by atoms with van der Waals surface area (Å²) in [6.07, 6.45) is 5.69. The molecule has 0 unspecified atom stereocenters. The maximum absolute atomic E-state index is 5.80. The molecular weight excluding hydrogens is 461 g/mol. The number of pyridine rings is 1. The maximum atomic E-state index is 5.80. The highest BCUT2D eigenvalue weighted by Crippen LogP contribution is 2.17. The van der Waals surface area contributed by atoms with E-state index in [4.69, 9.17) is 11.6 Å². The lowest BCUT2D eigenvalue weighted by Gasteiger charge is -2.11. The Balaban J connectivity index is 0.00000243. The fourth-order valence-corrected chi connectivity index (χ4v) is 2.87. The van der Waals surface area contributed by atoms with Crippen molar-refractivity contribution in [2.45, 2.75) is 12.8 Å². The molecule has 0 saturated heterocycles. The first-order chi connectivity index (χ1) is 12.3. The Morgan fingerprint density at radius 1 is 1.12 bits per heavy atom. The summed E-state index contributed by atoms with van der Waals surface area (Å²) in [7, 11) is 1.78. The van der Waals surface area contributed by atoms with E-state index in [-0.39, 0.29) is 24.0 Å². The van der Waals surface area contributed by atoms with Gasteiger partial charge in [-0.2, -0.15) is 0 Å². The number of H-pyrrole nitrogens is 1. The Morgan fingerprint density at radius 3 is 2.62 bits per heavy atom. The Bertz CT molecular complexity index is 845. The van der Waals surface area contributed by atoms with Crippen molar-refractivity contribution in [1.29, 1.82) is 0 Å². The molecular formula is C19H23ClIN5. The summed E-state index contributed by atoms with van der Waals surface area (Å²) < 4.78 is 0. The zero-order valence-corrected chi connectivity index (χ0v) is 17.7. The summed E-state index contributed by atoms with van der Waals surface area (Å²) >= 11 is 5.80. The van der Waals surface area contributed by atoms with Gasteiger partial charge in [0.15, 0.2) is 5.96 Å². The molecule has 5 nitrogen and oxygen atoms in total. The highest BCUT2D eigenvalue weighted by molar-refractivity contribution is 14.0. The molecule has 0 saturated carbocycles. The molecule has 26 heavy (non-hydrogen) atoms. The van der Waals surface area contributed by atoms with Crippen molar-refractivity contribution in [3.8, 4) is 0 Å². The van der Waals surface area contributed by atoms with E-state index in [2.05, 4.69) is 50.0 Å². The Labute approximate surface area is 175 Å². The van der Waals surface area contributed by atoms with Crippen molar-refractivity contribution >= 4 is 52.4 Å². The number of aromatic amines is 1. The summed E-state index contributed by atoms with van der Waals surface area (Å²) in [5.41, 5.74) is 3.63. The molecule has 138 valence electrons. The SMILES string of the molecule is CN=C(NCCc1ccc(Cl)nc1)NCCc1c[nH]c2ccccc12.I. The van der Waals surface area contributed by atoms with Crippen LogP contribution in [0.2, 0.25) is 5.15 Å². The van der Waals surface area contributed by atoms with Gasteiger partial charge >= 0.3 is 0 Å².